The molecule has 1 aromatic heterocycles. The second kappa shape index (κ2) is 4.50. The van der Waals surface area contributed by atoms with Crippen molar-refractivity contribution in [2.75, 3.05) is 20.8 Å². The predicted molar refractivity (Wildman–Crippen MR) is 48.7 cm³/mol. The normalized spacial score (nSPS) is 9.64. The summed E-state index contributed by atoms with van der Waals surface area (Å²) in [6.45, 7) is 2.24. The molecular weight excluding hydrogens is 188 g/mol. The Bertz CT molecular complexity index is 361. The number of aromatic nitrogens is 2. The van der Waals surface area contributed by atoms with Crippen LogP contribution < -0.4 is 19.9 Å². The Balaban J connectivity index is 3.18. The van der Waals surface area contributed by atoms with E-state index >= 15 is 0 Å². The third-order valence-corrected chi connectivity index (χ3v) is 1.51. The summed E-state index contributed by atoms with van der Waals surface area (Å²) in [5, 5.41) is 3.79. The van der Waals surface area contributed by atoms with E-state index in [1.165, 1.54) is 20.3 Å². The van der Waals surface area contributed by atoms with Gasteiger partial charge in [-0.05, 0) is 6.92 Å². The van der Waals surface area contributed by atoms with Crippen molar-refractivity contribution >= 4 is 0 Å². The lowest BCUT2D eigenvalue weighted by Crippen LogP contribution is -2.27. The van der Waals surface area contributed by atoms with Crippen molar-refractivity contribution in [3.63, 3.8) is 0 Å². The van der Waals surface area contributed by atoms with Crippen LogP contribution >= 0.6 is 0 Å². The van der Waals surface area contributed by atoms with E-state index in [2.05, 4.69) is 9.94 Å². The highest BCUT2D eigenvalue weighted by molar-refractivity contribution is 5.30. The van der Waals surface area contributed by atoms with E-state index in [1.54, 1.807) is 0 Å². The van der Waals surface area contributed by atoms with Crippen LogP contribution in [0.1, 0.15) is 6.92 Å². The maximum Gasteiger partial charge on any atom is 0.307 e. The first-order valence-corrected chi connectivity index (χ1v) is 4.08. The van der Waals surface area contributed by atoms with Gasteiger partial charge in [0.2, 0.25) is 0 Å². The largest absolute Gasteiger partial charge is 0.491 e. The lowest BCUT2D eigenvalue weighted by atomic mass is 10.5. The standard InChI is InChI=1S/C8H12N2O4/c1-4-14-8-6(12-2)5-7(11)10(9-8)13-3/h5H,4H2,1-3H3. The molecule has 0 aliphatic rings. The van der Waals surface area contributed by atoms with Gasteiger partial charge in [-0.25, -0.2) is 0 Å². The minimum Gasteiger partial charge on any atom is -0.491 e. The monoisotopic (exact) mass is 200 g/mol. The van der Waals surface area contributed by atoms with Crippen LogP contribution in [-0.4, -0.2) is 30.8 Å². The van der Waals surface area contributed by atoms with E-state index in [1.807, 2.05) is 6.92 Å². The Labute approximate surface area is 81.0 Å². The van der Waals surface area contributed by atoms with Gasteiger partial charge in [-0.2, -0.15) is 0 Å². The number of methoxy groups -OCH3 is 1. The first-order chi connectivity index (χ1) is 6.72. The molecule has 0 saturated heterocycles. The van der Waals surface area contributed by atoms with Gasteiger partial charge in [0.25, 0.3) is 5.88 Å². The second-order valence-corrected chi connectivity index (χ2v) is 2.34. The Hall–Kier alpha value is -1.72. The van der Waals surface area contributed by atoms with E-state index < -0.39 is 5.56 Å². The molecule has 0 bridgehead atoms. The van der Waals surface area contributed by atoms with Crippen LogP contribution in [0, 0.1) is 0 Å². The highest BCUT2D eigenvalue weighted by Gasteiger charge is 2.09. The van der Waals surface area contributed by atoms with Crippen molar-refractivity contribution in [2.45, 2.75) is 6.92 Å². The first-order valence-electron chi connectivity index (χ1n) is 4.08. The minimum absolute atomic E-state index is 0.233. The smallest absolute Gasteiger partial charge is 0.307 e. The fraction of sp³-hybridized carbons (Fsp3) is 0.500. The SMILES string of the molecule is CCOc1nn(OC)c(=O)cc1OC. The fourth-order valence-corrected chi connectivity index (χ4v) is 0.924. The van der Waals surface area contributed by atoms with Crippen molar-refractivity contribution < 1.29 is 14.3 Å². The van der Waals surface area contributed by atoms with Crippen molar-refractivity contribution in [2.24, 2.45) is 0 Å². The second-order valence-electron chi connectivity index (χ2n) is 2.34. The first kappa shape index (κ1) is 10.4. The van der Waals surface area contributed by atoms with E-state index in [9.17, 15) is 4.79 Å². The van der Waals surface area contributed by atoms with Crippen LogP contribution in [-0.2, 0) is 0 Å². The molecule has 6 nitrogen and oxygen atoms in total. The molecule has 0 unspecified atom stereocenters. The summed E-state index contributed by atoms with van der Waals surface area (Å²) in [7, 11) is 2.78. The van der Waals surface area contributed by atoms with Gasteiger partial charge in [0.1, 0.15) is 7.11 Å². The highest BCUT2D eigenvalue weighted by atomic mass is 16.7. The highest BCUT2D eigenvalue weighted by Crippen LogP contribution is 2.20. The quantitative estimate of drug-likeness (QED) is 0.668. The zero-order chi connectivity index (χ0) is 10.6. The Morgan fingerprint density at radius 2 is 2.21 bits per heavy atom. The van der Waals surface area contributed by atoms with Crippen LogP contribution in [0.2, 0.25) is 0 Å². The lowest BCUT2D eigenvalue weighted by Gasteiger charge is -2.08. The average molecular weight is 200 g/mol. The van der Waals surface area contributed by atoms with Crippen LogP contribution in [0.3, 0.4) is 0 Å². The molecule has 0 atom stereocenters. The van der Waals surface area contributed by atoms with Gasteiger partial charge in [0.15, 0.2) is 5.75 Å². The van der Waals surface area contributed by atoms with Gasteiger partial charge in [-0.1, -0.05) is 9.94 Å². The zero-order valence-corrected chi connectivity index (χ0v) is 8.31. The number of nitrogens with zero attached hydrogens (tertiary/aromatic N) is 2. The van der Waals surface area contributed by atoms with E-state index in [0.717, 1.165) is 4.85 Å². The molecule has 0 amide bonds. The molecule has 1 aromatic rings. The lowest BCUT2D eigenvalue weighted by molar-refractivity contribution is 0.111. The molecule has 1 rings (SSSR count). The van der Waals surface area contributed by atoms with Crippen molar-refractivity contribution in [1.82, 2.24) is 9.94 Å². The van der Waals surface area contributed by atoms with E-state index in [4.69, 9.17) is 9.47 Å². The Morgan fingerprint density at radius 3 is 2.71 bits per heavy atom. The van der Waals surface area contributed by atoms with Gasteiger partial charge < -0.3 is 14.3 Å². The summed E-state index contributed by atoms with van der Waals surface area (Å²) in [5.74, 6) is 0.529. The fourth-order valence-electron chi connectivity index (χ4n) is 0.924. The molecule has 0 spiro atoms. The van der Waals surface area contributed by atoms with E-state index in [0.29, 0.717) is 12.4 Å². The van der Waals surface area contributed by atoms with Crippen molar-refractivity contribution in [1.29, 1.82) is 0 Å². The topological polar surface area (TPSA) is 62.6 Å². The number of ether oxygens (including phenoxy) is 2. The zero-order valence-electron chi connectivity index (χ0n) is 8.31. The summed E-state index contributed by atoms with van der Waals surface area (Å²) in [4.78, 5) is 16.7. The van der Waals surface area contributed by atoms with Crippen LogP contribution in [0.5, 0.6) is 11.6 Å². The van der Waals surface area contributed by atoms with Gasteiger partial charge in [0, 0.05) is 0 Å². The Morgan fingerprint density at radius 1 is 1.50 bits per heavy atom. The molecule has 0 saturated carbocycles. The minimum atomic E-state index is -0.409. The molecule has 0 N–H and O–H groups in total. The third kappa shape index (κ3) is 1.95. The number of hydrogen-bond donors (Lipinski definition) is 0. The molecule has 1 heterocycles. The molecule has 0 aliphatic heterocycles. The maximum atomic E-state index is 11.2. The molecule has 78 valence electrons. The van der Waals surface area contributed by atoms with Crippen LogP contribution in [0.15, 0.2) is 10.9 Å². The van der Waals surface area contributed by atoms with Gasteiger partial charge in [-0.15, -0.1) is 0 Å². The van der Waals surface area contributed by atoms with Gasteiger partial charge >= 0.3 is 5.56 Å². The molecule has 0 fully saturated rings. The predicted octanol–water partition coefficient (Wildman–Crippen LogP) is -0.291. The van der Waals surface area contributed by atoms with Crippen LogP contribution in [0.25, 0.3) is 0 Å². The maximum absolute atomic E-state index is 11.2. The van der Waals surface area contributed by atoms with Gasteiger partial charge in [-0.3, -0.25) is 4.79 Å². The summed E-state index contributed by atoms with van der Waals surface area (Å²) in [5.41, 5.74) is -0.409. The summed E-state index contributed by atoms with van der Waals surface area (Å²) in [6.07, 6.45) is 0. The molecule has 0 aromatic carbocycles. The van der Waals surface area contributed by atoms with Crippen molar-refractivity contribution in [3.8, 4) is 11.6 Å². The summed E-state index contributed by atoms with van der Waals surface area (Å²) >= 11 is 0. The van der Waals surface area contributed by atoms with Crippen molar-refractivity contribution in [3.05, 3.63) is 16.4 Å². The Kier molecular flexibility index (Phi) is 3.33. The summed E-state index contributed by atoms with van der Waals surface area (Å²) in [6, 6.07) is 1.25. The molecular formula is C8H12N2O4. The third-order valence-electron chi connectivity index (χ3n) is 1.51. The number of rotatable bonds is 4. The molecule has 0 aliphatic carbocycles. The van der Waals surface area contributed by atoms with Crippen LogP contribution in [0.4, 0.5) is 0 Å². The molecule has 14 heavy (non-hydrogen) atoms. The van der Waals surface area contributed by atoms with E-state index in [-0.39, 0.29) is 5.88 Å². The van der Waals surface area contributed by atoms with Gasteiger partial charge in [0.05, 0.1) is 19.8 Å². The molecule has 6 heteroatoms. The number of hydrogen-bond acceptors (Lipinski definition) is 5. The molecule has 0 radical (unpaired) electrons. The average Bonchev–Trinajstić information content (AvgIpc) is 2.20. The summed E-state index contributed by atoms with van der Waals surface area (Å²) < 4.78 is 10.1.